The average molecular weight is 865 g/mol. The first-order valence-corrected chi connectivity index (χ1v) is 20.4. The van der Waals surface area contributed by atoms with Gasteiger partial charge in [-0.25, -0.2) is 9.78 Å². The third kappa shape index (κ3) is 14.3. The Hall–Kier alpha value is -6.06. The lowest BCUT2D eigenvalue weighted by Gasteiger charge is -2.27. The van der Waals surface area contributed by atoms with Crippen molar-refractivity contribution in [3.05, 3.63) is 90.1 Å². The fraction of sp³-hybridized carbons (Fsp3) is 0.385. The lowest BCUT2D eigenvalue weighted by molar-refractivity contribution is -0.141. The number of aliphatic carboxylic acids is 1. The molecule has 0 saturated heterocycles. The molecule has 2 aromatic heterocycles. The number of benzene rings is 2. The van der Waals surface area contributed by atoms with E-state index in [9.17, 15) is 33.9 Å². The van der Waals surface area contributed by atoms with Crippen LogP contribution in [0.1, 0.15) is 36.1 Å². The number of para-hydroxylation sites is 1. The third-order valence-corrected chi connectivity index (χ3v) is 10.0. The second-order valence-electron chi connectivity index (χ2n) is 13.9. The molecule has 21 heteroatoms. The second kappa shape index (κ2) is 23.5. The van der Waals surface area contributed by atoms with E-state index < -0.39 is 71.8 Å². The van der Waals surface area contributed by atoms with Crippen LogP contribution in [0.15, 0.2) is 78.3 Å². The molecule has 0 aliphatic carbocycles. The number of nitrogens with zero attached hydrogens (tertiary/aromatic N) is 2. The number of aliphatic imine (C=N–C) groups is 1. The van der Waals surface area contributed by atoms with E-state index in [-0.39, 0.29) is 56.8 Å². The van der Waals surface area contributed by atoms with Gasteiger partial charge in [0.1, 0.15) is 30.2 Å². The Morgan fingerprint density at radius 1 is 0.717 bits per heavy atom. The van der Waals surface area contributed by atoms with E-state index in [0.717, 1.165) is 10.9 Å². The van der Waals surface area contributed by atoms with Gasteiger partial charge in [-0.05, 0) is 42.2 Å². The van der Waals surface area contributed by atoms with Crippen LogP contribution in [0.3, 0.4) is 0 Å². The Kier molecular flexibility index (Phi) is 18.3. The van der Waals surface area contributed by atoms with Crippen molar-refractivity contribution < 1.29 is 33.9 Å². The fourth-order valence-electron chi connectivity index (χ4n) is 6.21. The van der Waals surface area contributed by atoms with Crippen molar-refractivity contribution in [1.82, 2.24) is 41.5 Å². The highest BCUT2D eigenvalue weighted by molar-refractivity contribution is 7.80. The number of thiol groups is 2. The molecule has 0 aliphatic heterocycles. The molecule has 0 spiro atoms. The fourth-order valence-corrected chi connectivity index (χ4v) is 6.74. The number of aromatic nitrogens is 3. The second-order valence-corrected chi connectivity index (χ2v) is 14.7. The standard InChI is InChI=1S/C39H52N12O7S2/c40-26(12-14-59)33(52)48-31(17-24-19-43-21-46-24)37(56)49-29(15-22-7-2-1-3-8-22)35(54)47-28(11-6-13-44-39(41)42)34(53)50-30(36(55)51-32(20-60)38(57)58)16-23-18-45-27-10-5-4-9-25(23)27/h1-5,7-10,18-19,21,26,28-32,45,59-60H,6,11-17,20,40H2,(H,43,46)(H,47,54)(H,48,52)(H,49,56)(H,50,53)(H,51,55)(H,57,58)(H4,41,42,44)/t26-,28-,29+,30-,31-,32-/m0/s1. The number of H-pyrrole nitrogens is 2. The topological polar surface area (TPSA) is 318 Å². The van der Waals surface area contributed by atoms with Gasteiger partial charge in [0, 0.05) is 60.6 Å². The molecule has 4 aromatic rings. The summed E-state index contributed by atoms with van der Waals surface area (Å²) in [5.41, 5.74) is 19.7. The molecule has 6 atom stereocenters. The molecular weight excluding hydrogens is 813 g/mol. The van der Waals surface area contributed by atoms with Crippen LogP contribution in [0.2, 0.25) is 0 Å². The van der Waals surface area contributed by atoms with E-state index in [1.54, 1.807) is 36.5 Å². The number of carbonyl (C=O) groups is 6. The Balaban J connectivity index is 1.64. The Labute approximate surface area is 357 Å². The molecule has 0 fully saturated rings. The lowest BCUT2D eigenvalue weighted by Crippen LogP contribution is -2.60. The van der Waals surface area contributed by atoms with Gasteiger partial charge >= 0.3 is 5.97 Å². The number of amides is 5. The van der Waals surface area contributed by atoms with Crippen molar-refractivity contribution in [2.24, 2.45) is 22.2 Å². The molecule has 5 amide bonds. The van der Waals surface area contributed by atoms with Gasteiger partial charge in [-0.1, -0.05) is 48.5 Å². The maximum absolute atomic E-state index is 14.3. The zero-order chi connectivity index (χ0) is 43.6. The number of carboxylic acid groups (broad SMARTS) is 1. The number of guanidine groups is 1. The van der Waals surface area contributed by atoms with Crippen molar-refractivity contribution in [3.8, 4) is 0 Å². The monoisotopic (exact) mass is 864 g/mol. The summed E-state index contributed by atoms with van der Waals surface area (Å²) >= 11 is 8.20. The number of hydrogen-bond donors (Lipinski definition) is 13. The van der Waals surface area contributed by atoms with Gasteiger partial charge in [0.15, 0.2) is 5.96 Å². The van der Waals surface area contributed by atoms with E-state index in [1.807, 2.05) is 24.3 Å². The highest BCUT2D eigenvalue weighted by Gasteiger charge is 2.33. The van der Waals surface area contributed by atoms with Crippen LogP contribution >= 0.6 is 25.3 Å². The molecule has 2 aromatic carbocycles. The van der Waals surface area contributed by atoms with E-state index >= 15 is 0 Å². The third-order valence-electron chi connectivity index (χ3n) is 9.41. The van der Waals surface area contributed by atoms with Gasteiger partial charge in [-0.3, -0.25) is 29.0 Å². The van der Waals surface area contributed by atoms with Gasteiger partial charge in [-0.2, -0.15) is 25.3 Å². The minimum atomic E-state index is -1.36. The highest BCUT2D eigenvalue weighted by Crippen LogP contribution is 2.20. The number of fused-ring (bicyclic) bond motifs is 1. The zero-order valence-corrected chi connectivity index (χ0v) is 34.5. The molecule has 4 rings (SSSR count). The molecule has 0 radical (unpaired) electrons. The van der Waals surface area contributed by atoms with E-state index in [1.165, 1.54) is 12.5 Å². The summed E-state index contributed by atoms with van der Waals surface area (Å²) in [4.78, 5) is 95.1. The molecule has 322 valence electrons. The number of aromatic amines is 2. The SMILES string of the molecule is NC(N)=NCCC[C@H](NC(=O)[C@@H](Cc1ccccc1)NC(=O)[C@H](Cc1cnc[nH]1)NC(=O)[C@@H](N)CCS)C(=O)N[C@@H](Cc1c[nH]c2ccccc12)C(=O)N[C@@H](CS)C(=O)O. The van der Waals surface area contributed by atoms with Crippen LogP contribution in [0.4, 0.5) is 0 Å². The molecule has 0 saturated carbocycles. The minimum Gasteiger partial charge on any atom is -0.480 e. The summed E-state index contributed by atoms with van der Waals surface area (Å²) < 4.78 is 0. The van der Waals surface area contributed by atoms with Crippen LogP contribution in [0, 0.1) is 0 Å². The molecule has 0 bridgehead atoms. The number of nitrogens with one attached hydrogen (secondary N) is 7. The van der Waals surface area contributed by atoms with Crippen LogP contribution in [-0.2, 0) is 48.0 Å². The first kappa shape index (κ1) is 46.6. The number of hydrogen-bond acceptors (Lipinski definition) is 11. The van der Waals surface area contributed by atoms with Crippen molar-refractivity contribution >= 4 is 77.6 Å². The van der Waals surface area contributed by atoms with Crippen molar-refractivity contribution in [2.75, 3.05) is 18.1 Å². The summed E-state index contributed by atoms with van der Waals surface area (Å²) in [7, 11) is 0. The normalized spacial score (nSPS) is 14.1. The number of carboxylic acids is 1. The lowest BCUT2D eigenvalue weighted by atomic mass is 10.0. The van der Waals surface area contributed by atoms with Crippen molar-refractivity contribution in [3.63, 3.8) is 0 Å². The first-order chi connectivity index (χ1) is 28.8. The average Bonchev–Trinajstić information content (AvgIpc) is 3.90. The molecule has 60 heavy (non-hydrogen) atoms. The quantitative estimate of drug-likeness (QED) is 0.0176. The van der Waals surface area contributed by atoms with Gasteiger partial charge in [0.05, 0.1) is 12.4 Å². The summed E-state index contributed by atoms with van der Waals surface area (Å²) in [6, 6.07) is 8.75. The zero-order valence-electron chi connectivity index (χ0n) is 32.7. The summed E-state index contributed by atoms with van der Waals surface area (Å²) in [6.07, 6.45) is 4.95. The Morgan fingerprint density at radius 3 is 1.92 bits per heavy atom. The largest absolute Gasteiger partial charge is 0.480 e. The molecule has 2 heterocycles. The number of carbonyl (C=O) groups excluding carboxylic acids is 5. The molecule has 0 unspecified atom stereocenters. The number of imidazole rings is 1. The molecular formula is C39H52N12O7S2. The predicted octanol–water partition coefficient (Wildman–Crippen LogP) is -0.942. The van der Waals surface area contributed by atoms with E-state index in [2.05, 4.69) is 71.8 Å². The van der Waals surface area contributed by atoms with Gasteiger partial charge < -0.3 is 58.9 Å². The molecule has 19 nitrogen and oxygen atoms in total. The van der Waals surface area contributed by atoms with Crippen LogP contribution in [0.25, 0.3) is 10.9 Å². The molecule has 0 aliphatic rings. The van der Waals surface area contributed by atoms with E-state index in [0.29, 0.717) is 22.6 Å². The smallest absolute Gasteiger partial charge is 0.327 e. The number of rotatable bonds is 24. The maximum atomic E-state index is 14.3. The molecule has 14 N–H and O–H groups in total. The highest BCUT2D eigenvalue weighted by atomic mass is 32.1. The van der Waals surface area contributed by atoms with Crippen LogP contribution < -0.4 is 43.8 Å². The Bertz CT molecular complexity index is 2080. The Morgan fingerprint density at radius 2 is 1.30 bits per heavy atom. The predicted molar refractivity (Wildman–Crippen MR) is 232 cm³/mol. The van der Waals surface area contributed by atoms with Gasteiger partial charge in [0.25, 0.3) is 0 Å². The van der Waals surface area contributed by atoms with Gasteiger partial charge in [-0.15, -0.1) is 0 Å². The van der Waals surface area contributed by atoms with Crippen LogP contribution in [0.5, 0.6) is 0 Å². The first-order valence-electron chi connectivity index (χ1n) is 19.1. The summed E-state index contributed by atoms with van der Waals surface area (Å²) in [5.74, 6) is -5.03. The maximum Gasteiger partial charge on any atom is 0.327 e. The van der Waals surface area contributed by atoms with E-state index in [4.69, 9.17) is 17.2 Å². The summed E-state index contributed by atoms with van der Waals surface area (Å²) in [5, 5.41) is 23.7. The van der Waals surface area contributed by atoms with Gasteiger partial charge in [0.2, 0.25) is 29.5 Å². The van der Waals surface area contributed by atoms with Crippen LogP contribution in [-0.4, -0.2) is 116 Å². The minimum absolute atomic E-state index is 0.0162. The number of nitrogens with two attached hydrogens (primary N) is 3. The van der Waals surface area contributed by atoms with Crippen molar-refractivity contribution in [1.29, 1.82) is 0 Å². The summed E-state index contributed by atoms with van der Waals surface area (Å²) in [6.45, 7) is 0.0952. The van der Waals surface area contributed by atoms with Crippen molar-refractivity contribution in [2.45, 2.75) is 74.8 Å².